The van der Waals surface area contributed by atoms with Gasteiger partial charge in [0.25, 0.3) is 0 Å². The van der Waals surface area contributed by atoms with Gasteiger partial charge in [0.15, 0.2) is 0 Å². The van der Waals surface area contributed by atoms with E-state index in [4.69, 9.17) is 4.74 Å². The van der Waals surface area contributed by atoms with Crippen LogP contribution in [0.5, 0.6) is 0 Å². The fourth-order valence-electron chi connectivity index (χ4n) is 2.31. The highest BCUT2D eigenvalue weighted by Crippen LogP contribution is 2.37. The molecule has 0 aromatic heterocycles. The molecule has 1 aromatic carbocycles. The zero-order valence-corrected chi connectivity index (χ0v) is 10.4. The van der Waals surface area contributed by atoms with Crippen LogP contribution < -0.4 is 0 Å². The average molecular weight is 216 g/mol. The van der Waals surface area contributed by atoms with Crippen LogP contribution in [-0.4, -0.2) is 5.60 Å². The molecule has 1 heterocycles. The van der Waals surface area contributed by atoms with Crippen LogP contribution in [-0.2, 0) is 4.74 Å². The predicted octanol–water partition coefficient (Wildman–Crippen LogP) is 4.26. The molecular weight excluding hydrogens is 196 g/mol. The van der Waals surface area contributed by atoms with E-state index in [1.165, 1.54) is 11.1 Å². The maximum Gasteiger partial charge on any atom is 0.0873 e. The third kappa shape index (κ3) is 2.35. The van der Waals surface area contributed by atoms with Crippen molar-refractivity contribution in [3.8, 4) is 0 Å². The molecule has 1 heteroatoms. The summed E-state index contributed by atoms with van der Waals surface area (Å²) in [4.78, 5) is 0. The summed E-state index contributed by atoms with van der Waals surface area (Å²) < 4.78 is 6.20. The van der Waals surface area contributed by atoms with Crippen LogP contribution in [0.2, 0.25) is 0 Å². The lowest BCUT2D eigenvalue weighted by atomic mass is 9.91. The van der Waals surface area contributed by atoms with Gasteiger partial charge in [-0.3, -0.25) is 0 Å². The molecule has 2 rings (SSSR count). The number of hydrogen-bond acceptors (Lipinski definition) is 1. The molecule has 1 aliphatic rings. The maximum atomic E-state index is 6.20. The van der Waals surface area contributed by atoms with Gasteiger partial charge in [0, 0.05) is 0 Å². The molecule has 0 spiro atoms. The van der Waals surface area contributed by atoms with E-state index >= 15 is 0 Å². The molecule has 1 aromatic rings. The van der Waals surface area contributed by atoms with E-state index in [-0.39, 0.29) is 11.7 Å². The molecule has 1 nitrogen and oxygen atoms in total. The van der Waals surface area contributed by atoms with Crippen molar-refractivity contribution in [3.05, 3.63) is 47.5 Å². The van der Waals surface area contributed by atoms with Crippen LogP contribution in [0.25, 0.3) is 0 Å². The van der Waals surface area contributed by atoms with E-state index in [9.17, 15) is 0 Å². The van der Waals surface area contributed by atoms with Gasteiger partial charge in [-0.05, 0) is 32.3 Å². The molecule has 86 valence electrons. The minimum Gasteiger partial charge on any atom is -0.363 e. The molecule has 0 saturated carbocycles. The Balaban J connectivity index is 2.24. The van der Waals surface area contributed by atoms with Crippen molar-refractivity contribution in [3.63, 3.8) is 0 Å². The molecule has 1 aliphatic heterocycles. The summed E-state index contributed by atoms with van der Waals surface area (Å²) in [5.74, 6) is 0. The van der Waals surface area contributed by atoms with Crippen LogP contribution in [0, 0.1) is 0 Å². The molecule has 0 N–H and O–H groups in total. The van der Waals surface area contributed by atoms with Gasteiger partial charge in [0.1, 0.15) is 0 Å². The Morgan fingerprint density at radius 1 is 1.31 bits per heavy atom. The quantitative estimate of drug-likeness (QED) is 0.671. The first-order chi connectivity index (χ1) is 7.63. The highest BCUT2D eigenvalue weighted by molar-refractivity contribution is 5.23. The molecule has 16 heavy (non-hydrogen) atoms. The predicted molar refractivity (Wildman–Crippen MR) is 67.3 cm³/mol. The van der Waals surface area contributed by atoms with Crippen molar-refractivity contribution in [2.24, 2.45) is 0 Å². The van der Waals surface area contributed by atoms with E-state index in [2.05, 4.69) is 51.1 Å². The van der Waals surface area contributed by atoms with Gasteiger partial charge in [-0.15, -0.1) is 0 Å². The fourth-order valence-corrected chi connectivity index (χ4v) is 2.31. The average Bonchev–Trinajstić information content (AvgIpc) is 2.29. The largest absolute Gasteiger partial charge is 0.363 e. The summed E-state index contributed by atoms with van der Waals surface area (Å²) in [6.45, 7) is 6.55. The van der Waals surface area contributed by atoms with Gasteiger partial charge in [-0.1, -0.05) is 48.9 Å². The van der Waals surface area contributed by atoms with Crippen molar-refractivity contribution in [2.45, 2.75) is 45.3 Å². The van der Waals surface area contributed by atoms with Crippen molar-refractivity contribution in [2.75, 3.05) is 0 Å². The van der Waals surface area contributed by atoms with Crippen molar-refractivity contribution in [1.82, 2.24) is 0 Å². The number of rotatable bonds is 2. The van der Waals surface area contributed by atoms with Crippen LogP contribution in [0.1, 0.15) is 45.3 Å². The Hall–Kier alpha value is -1.08. The number of hydrogen-bond donors (Lipinski definition) is 0. The van der Waals surface area contributed by atoms with Gasteiger partial charge in [-0.2, -0.15) is 0 Å². The van der Waals surface area contributed by atoms with E-state index < -0.39 is 0 Å². The summed E-state index contributed by atoms with van der Waals surface area (Å²) in [7, 11) is 0. The molecule has 0 unspecified atom stereocenters. The minimum atomic E-state index is -0.0944. The molecule has 0 saturated heterocycles. The minimum absolute atomic E-state index is 0.0944. The fraction of sp³-hybridized carbons (Fsp3) is 0.467. The monoisotopic (exact) mass is 216 g/mol. The smallest absolute Gasteiger partial charge is 0.0873 e. The van der Waals surface area contributed by atoms with E-state index in [0.29, 0.717) is 0 Å². The topological polar surface area (TPSA) is 9.23 Å². The summed E-state index contributed by atoms with van der Waals surface area (Å²) >= 11 is 0. The van der Waals surface area contributed by atoms with Crippen molar-refractivity contribution in [1.29, 1.82) is 0 Å². The van der Waals surface area contributed by atoms with Gasteiger partial charge in [0.05, 0.1) is 11.7 Å². The first-order valence-electron chi connectivity index (χ1n) is 6.04. The summed E-state index contributed by atoms with van der Waals surface area (Å²) in [5.41, 5.74) is 2.63. The van der Waals surface area contributed by atoms with E-state index in [0.717, 1.165) is 12.8 Å². The second-order valence-corrected chi connectivity index (χ2v) is 4.88. The Labute approximate surface area is 98.1 Å². The molecule has 0 fully saturated rings. The van der Waals surface area contributed by atoms with Gasteiger partial charge in [-0.25, -0.2) is 0 Å². The van der Waals surface area contributed by atoms with Crippen LogP contribution in [0.3, 0.4) is 0 Å². The van der Waals surface area contributed by atoms with Crippen molar-refractivity contribution >= 4 is 0 Å². The zero-order valence-electron chi connectivity index (χ0n) is 10.4. The second kappa shape index (κ2) is 4.42. The van der Waals surface area contributed by atoms with Crippen LogP contribution in [0.15, 0.2) is 42.0 Å². The molecule has 0 radical (unpaired) electrons. The Kier molecular flexibility index (Phi) is 3.15. The van der Waals surface area contributed by atoms with Gasteiger partial charge >= 0.3 is 0 Å². The third-order valence-electron chi connectivity index (χ3n) is 3.34. The lowest BCUT2D eigenvalue weighted by molar-refractivity contribution is -0.0661. The van der Waals surface area contributed by atoms with Crippen molar-refractivity contribution < 1.29 is 4.74 Å². The molecular formula is C15H20O. The molecule has 0 aliphatic carbocycles. The molecule has 2 atom stereocenters. The Bertz CT molecular complexity index is 380. The summed E-state index contributed by atoms with van der Waals surface area (Å²) in [6.07, 6.45) is 4.52. The number of ether oxygens (including phenoxy) is 1. The van der Waals surface area contributed by atoms with Crippen LogP contribution >= 0.6 is 0 Å². The number of benzene rings is 1. The first kappa shape index (κ1) is 11.4. The first-order valence-corrected chi connectivity index (χ1v) is 6.04. The highest BCUT2D eigenvalue weighted by atomic mass is 16.5. The maximum absolute atomic E-state index is 6.20. The molecule has 0 bridgehead atoms. The summed E-state index contributed by atoms with van der Waals surface area (Å²) in [6, 6.07) is 10.5. The van der Waals surface area contributed by atoms with Gasteiger partial charge in [0.2, 0.25) is 0 Å². The molecule has 0 amide bonds. The standard InChI is InChI=1S/C15H20O/c1-4-15(3)11-12(2)10-14(16-15)13-8-6-5-7-9-13/h5-9,11,14H,4,10H2,1-3H3/t14-,15+/m1/s1. The van der Waals surface area contributed by atoms with Gasteiger partial charge < -0.3 is 4.74 Å². The third-order valence-corrected chi connectivity index (χ3v) is 3.34. The van der Waals surface area contributed by atoms with E-state index in [1.807, 2.05) is 6.07 Å². The Morgan fingerprint density at radius 2 is 2.00 bits per heavy atom. The summed E-state index contributed by atoms with van der Waals surface area (Å²) in [5, 5.41) is 0. The lowest BCUT2D eigenvalue weighted by Crippen LogP contribution is -2.31. The Morgan fingerprint density at radius 3 is 2.62 bits per heavy atom. The van der Waals surface area contributed by atoms with Crippen LogP contribution in [0.4, 0.5) is 0 Å². The lowest BCUT2D eigenvalue weighted by Gasteiger charge is -2.36. The SMILES string of the molecule is CC[C@@]1(C)C=C(C)C[C@H](c2ccccc2)O1. The van der Waals surface area contributed by atoms with E-state index in [1.54, 1.807) is 0 Å². The highest BCUT2D eigenvalue weighted by Gasteiger charge is 2.30. The zero-order chi connectivity index (χ0) is 11.6. The second-order valence-electron chi connectivity index (χ2n) is 4.88. The normalized spacial score (nSPS) is 29.9.